The Balaban J connectivity index is 1.56. The van der Waals surface area contributed by atoms with Gasteiger partial charge in [-0.05, 0) is 55.9 Å². The lowest BCUT2D eigenvalue weighted by molar-refractivity contribution is 1.29. The molecule has 0 N–H and O–H groups in total. The number of anilines is 3. The van der Waals surface area contributed by atoms with E-state index in [9.17, 15) is 0 Å². The summed E-state index contributed by atoms with van der Waals surface area (Å²) in [5, 5.41) is 5.86. The van der Waals surface area contributed by atoms with Crippen LogP contribution in [0.4, 0.5) is 17.1 Å². The number of hydrogen-bond acceptors (Lipinski definition) is 1. The first-order valence-electron chi connectivity index (χ1n) is 13.7. The van der Waals surface area contributed by atoms with Crippen molar-refractivity contribution >= 4 is 69.0 Å². The van der Waals surface area contributed by atoms with E-state index in [0.717, 1.165) is 0 Å². The van der Waals surface area contributed by atoms with Crippen LogP contribution in [0.2, 0.25) is 0 Å². The summed E-state index contributed by atoms with van der Waals surface area (Å²) in [6.07, 6.45) is 0. The maximum Gasteiger partial charge on any atom is 0.246 e. The van der Waals surface area contributed by atoms with E-state index in [-0.39, 0.29) is 6.71 Å². The number of rotatable bonds is 3. The third-order valence-electron chi connectivity index (χ3n) is 8.61. The molecule has 2 aliphatic rings. The number of fused-ring (bicyclic) bond motifs is 4. The molecule has 2 heterocycles. The Hall–Kier alpha value is -4.60. The molecule has 1 nitrogen and oxygen atoms in total. The Bertz CT molecular complexity index is 1780. The first-order valence-corrected chi connectivity index (χ1v) is 15.7. The van der Waals surface area contributed by atoms with Gasteiger partial charge in [-0.2, -0.15) is 0 Å². The SMILES string of the molecule is c1ccc(N2c3ccccc3B3c4ccccc4[Si](c4ccccc4)(c4ccccc4)c4cccc2c43)cc1. The van der Waals surface area contributed by atoms with Crippen LogP contribution in [0.3, 0.4) is 0 Å². The van der Waals surface area contributed by atoms with Crippen LogP contribution in [0.5, 0.6) is 0 Å². The van der Waals surface area contributed by atoms with Gasteiger partial charge < -0.3 is 4.90 Å². The van der Waals surface area contributed by atoms with E-state index in [0.29, 0.717) is 0 Å². The molecule has 3 heteroatoms. The van der Waals surface area contributed by atoms with Crippen LogP contribution in [0.15, 0.2) is 158 Å². The highest BCUT2D eigenvalue weighted by molar-refractivity contribution is 7.26. The van der Waals surface area contributed by atoms with Gasteiger partial charge in [0, 0.05) is 17.1 Å². The van der Waals surface area contributed by atoms with E-state index in [4.69, 9.17) is 0 Å². The van der Waals surface area contributed by atoms with Crippen molar-refractivity contribution in [3.8, 4) is 0 Å². The molecule has 2 aliphatic heterocycles. The largest absolute Gasteiger partial charge is 0.312 e. The van der Waals surface area contributed by atoms with Crippen molar-refractivity contribution in [1.82, 2.24) is 0 Å². The minimum absolute atomic E-state index is 0.191. The number of nitrogens with zero attached hydrogens (tertiary/aromatic N) is 1. The number of para-hydroxylation sites is 2. The second-order valence-corrected chi connectivity index (χ2v) is 14.2. The molecule has 0 unspecified atom stereocenters. The van der Waals surface area contributed by atoms with Gasteiger partial charge >= 0.3 is 0 Å². The maximum atomic E-state index is 2.48. The van der Waals surface area contributed by atoms with Crippen LogP contribution in [0, 0.1) is 0 Å². The fourth-order valence-electron chi connectivity index (χ4n) is 7.18. The molecule has 6 aromatic carbocycles. The van der Waals surface area contributed by atoms with Gasteiger partial charge in [0.25, 0.3) is 0 Å². The second kappa shape index (κ2) is 8.72. The highest BCUT2D eigenvalue weighted by Crippen LogP contribution is 2.36. The van der Waals surface area contributed by atoms with Crippen LogP contribution in [0.1, 0.15) is 0 Å². The predicted molar refractivity (Wildman–Crippen MR) is 169 cm³/mol. The van der Waals surface area contributed by atoms with Crippen molar-refractivity contribution in [2.75, 3.05) is 4.90 Å². The fraction of sp³-hybridized carbons (Fsp3) is 0. The van der Waals surface area contributed by atoms with Crippen LogP contribution in [-0.4, -0.2) is 14.8 Å². The zero-order chi connectivity index (χ0) is 25.8. The highest BCUT2D eigenvalue weighted by atomic mass is 28.3. The van der Waals surface area contributed by atoms with Gasteiger partial charge in [-0.1, -0.05) is 139 Å². The van der Waals surface area contributed by atoms with Gasteiger partial charge in [-0.25, -0.2) is 0 Å². The van der Waals surface area contributed by atoms with E-state index >= 15 is 0 Å². The zero-order valence-electron chi connectivity index (χ0n) is 21.5. The summed E-state index contributed by atoms with van der Waals surface area (Å²) in [7, 11) is -2.61. The quantitative estimate of drug-likeness (QED) is 0.327. The molecule has 0 aromatic heterocycles. The fourth-order valence-corrected chi connectivity index (χ4v) is 12.5. The van der Waals surface area contributed by atoms with Gasteiger partial charge in [0.05, 0.1) is 0 Å². The Kier molecular flexibility index (Phi) is 5.01. The van der Waals surface area contributed by atoms with Crippen molar-refractivity contribution in [3.05, 3.63) is 158 Å². The zero-order valence-corrected chi connectivity index (χ0v) is 22.5. The van der Waals surface area contributed by atoms with Gasteiger partial charge in [0.1, 0.15) is 0 Å². The predicted octanol–water partition coefficient (Wildman–Crippen LogP) is 3.68. The van der Waals surface area contributed by atoms with Crippen LogP contribution < -0.4 is 42.0 Å². The van der Waals surface area contributed by atoms with E-state index in [1.54, 1.807) is 0 Å². The molecule has 0 spiro atoms. The van der Waals surface area contributed by atoms with Crippen LogP contribution in [0.25, 0.3) is 0 Å². The Morgan fingerprint density at radius 3 is 1.62 bits per heavy atom. The molecule has 0 saturated carbocycles. The molecule has 0 bridgehead atoms. The lowest BCUT2D eigenvalue weighted by Gasteiger charge is -2.47. The number of benzene rings is 6. The summed E-state index contributed by atoms with van der Waals surface area (Å²) in [5.41, 5.74) is 8.03. The first kappa shape index (κ1) is 22.4. The van der Waals surface area contributed by atoms with Crippen molar-refractivity contribution in [1.29, 1.82) is 0 Å². The van der Waals surface area contributed by atoms with Gasteiger partial charge in [-0.15, -0.1) is 0 Å². The Morgan fingerprint density at radius 2 is 0.923 bits per heavy atom. The van der Waals surface area contributed by atoms with Crippen molar-refractivity contribution in [2.24, 2.45) is 0 Å². The molecule has 0 aliphatic carbocycles. The third-order valence-corrected chi connectivity index (χ3v) is 13.5. The molecule has 0 saturated heterocycles. The minimum atomic E-state index is -2.61. The highest BCUT2D eigenvalue weighted by Gasteiger charge is 2.52. The van der Waals surface area contributed by atoms with Crippen molar-refractivity contribution < 1.29 is 0 Å². The second-order valence-electron chi connectivity index (χ2n) is 10.5. The number of hydrogen-bond donors (Lipinski definition) is 0. The summed E-state index contributed by atoms with van der Waals surface area (Å²) in [4.78, 5) is 2.48. The topological polar surface area (TPSA) is 3.24 Å². The summed E-state index contributed by atoms with van der Waals surface area (Å²) in [5.74, 6) is 0. The van der Waals surface area contributed by atoms with E-state index < -0.39 is 8.07 Å². The van der Waals surface area contributed by atoms with E-state index in [1.807, 2.05) is 0 Å². The molecule has 182 valence electrons. The molecule has 6 aromatic rings. The van der Waals surface area contributed by atoms with Crippen molar-refractivity contribution in [3.63, 3.8) is 0 Å². The molecule has 0 fully saturated rings. The minimum Gasteiger partial charge on any atom is -0.312 e. The van der Waals surface area contributed by atoms with Gasteiger partial charge in [0.2, 0.25) is 6.71 Å². The molecular weight excluding hydrogens is 485 g/mol. The average molecular weight is 512 g/mol. The summed E-state index contributed by atoms with van der Waals surface area (Å²) in [6.45, 7) is 0.191. The molecule has 0 amide bonds. The van der Waals surface area contributed by atoms with Gasteiger partial charge in [0.15, 0.2) is 8.07 Å². The lowest BCUT2D eigenvalue weighted by Crippen LogP contribution is -2.87. The molecule has 0 radical (unpaired) electrons. The molecular formula is C36H26BNSi. The van der Waals surface area contributed by atoms with Crippen LogP contribution >= 0.6 is 0 Å². The van der Waals surface area contributed by atoms with E-state index in [1.165, 1.54) is 54.2 Å². The van der Waals surface area contributed by atoms with Crippen LogP contribution in [-0.2, 0) is 0 Å². The third kappa shape index (κ3) is 3.08. The molecule has 8 rings (SSSR count). The molecule has 0 atom stereocenters. The maximum absolute atomic E-state index is 2.61. The Labute approximate surface area is 231 Å². The summed E-state index contributed by atoms with van der Waals surface area (Å²) in [6, 6.07) is 58.7. The Morgan fingerprint density at radius 1 is 0.410 bits per heavy atom. The normalized spacial score (nSPS) is 14.3. The van der Waals surface area contributed by atoms with Crippen molar-refractivity contribution in [2.45, 2.75) is 0 Å². The average Bonchev–Trinajstić information content (AvgIpc) is 3.02. The first-order chi connectivity index (χ1) is 19.4. The summed E-state index contributed by atoms with van der Waals surface area (Å²) >= 11 is 0. The monoisotopic (exact) mass is 511 g/mol. The summed E-state index contributed by atoms with van der Waals surface area (Å²) < 4.78 is 0. The van der Waals surface area contributed by atoms with E-state index in [2.05, 4.69) is 163 Å². The standard InChI is InChI=1S/C36H26BNSi/c1-4-15-27(16-5-1)38-32-23-12-10-21-30(32)37-31-22-11-13-25-34(31)39(28-17-6-2-7-18-28,29-19-8-3-9-20-29)35-26-14-24-33(38)36(35)37/h1-26H. The lowest BCUT2D eigenvalue weighted by atomic mass is 9.35. The van der Waals surface area contributed by atoms with Gasteiger partial charge in [-0.3, -0.25) is 0 Å². The smallest absolute Gasteiger partial charge is 0.246 e. The molecule has 39 heavy (non-hydrogen) atoms.